The SMILES string of the molecule is CCN(Cc1ccc(O)cc1)C(=O)Oc1ccc(OC)cc1.CCNCc1ccc(O)cc1.COC(=O)CNC(C)c1ccc(O)cc1.COc1ccc(OC(=O)N(Cc2ccc(O)cc2)C(C)C)cc1. The van der Waals surface area contributed by atoms with E-state index in [4.69, 9.17) is 29.2 Å². The molecule has 1 atom stereocenters. The molecular formula is C55H68N4O12. The van der Waals surface area contributed by atoms with E-state index < -0.39 is 12.2 Å². The van der Waals surface area contributed by atoms with Crippen LogP contribution in [-0.4, -0.2) is 95.4 Å². The third kappa shape index (κ3) is 21.9. The molecule has 0 heterocycles. The zero-order valence-corrected chi connectivity index (χ0v) is 41.7. The van der Waals surface area contributed by atoms with Crippen LogP contribution in [0.3, 0.4) is 0 Å². The Labute approximate surface area is 417 Å². The lowest BCUT2D eigenvalue weighted by molar-refractivity contribution is -0.139. The number of carbonyl (C=O) groups is 3. The maximum absolute atomic E-state index is 12.4. The van der Waals surface area contributed by atoms with Gasteiger partial charge in [-0.1, -0.05) is 55.5 Å². The van der Waals surface area contributed by atoms with Crippen LogP contribution in [0.5, 0.6) is 46.0 Å². The maximum Gasteiger partial charge on any atom is 0.415 e. The quantitative estimate of drug-likeness (QED) is 0.0470. The summed E-state index contributed by atoms with van der Waals surface area (Å²) in [5.41, 5.74) is 4.05. The lowest BCUT2D eigenvalue weighted by atomic mass is 10.1. The van der Waals surface area contributed by atoms with Gasteiger partial charge in [0.2, 0.25) is 0 Å². The van der Waals surface area contributed by atoms with Crippen molar-refractivity contribution in [1.82, 2.24) is 20.4 Å². The molecule has 16 nitrogen and oxygen atoms in total. The molecule has 0 aliphatic heterocycles. The van der Waals surface area contributed by atoms with Crippen molar-refractivity contribution in [2.24, 2.45) is 0 Å². The summed E-state index contributed by atoms with van der Waals surface area (Å²) in [6, 6.07) is 41.3. The molecule has 0 fully saturated rings. The Balaban J connectivity index is 0.000000259. The van der Waals surface area contributed by atoms with E-state index in [0.29, 0.717) is 48.4 Å². The summed E-state index contributed by atoms with van der Waals surface area (Å²) in [6.45, 7) is 13.1. The number of benzene rings is 6. The Bertz CT molecular complexity index is 2430. The maximum atomic E-state index is 12.4. The smallest absolute Gasteiger partial charge is 0.415 e. The lowest BCUT2D eigenvalue weighted by Crippen LogP contribution is -2.38. The van der Waals surface area contributed by atoms with Gasteiger partial charge in [0.25, 0.3) is 0 Å². The first-order valence-corrected chi connectivity index (χ1v) is 22.9. The van der Waals surface area contributed by atoms with Crippen LogP contribution in [0.25, 0.3) is 0 Å². The number of esters is 1. The van der Waals surface area contributed by atoms with Crippen molar-refractivity contribution in [2.45, 2.75) is 66.3 Å². The van der Waals surface area contributed by atoms with Crippen LogP contribution in [-0.2, 0) is 29.2 Å². The van der Waals surface area contributed by atoms with E-state index >= 15 is 0 Å². The molecule has 16 heteroatoms. The van der Waals surface area contributed by atoms with Crippen molar-refractivity contribution in [1.29, 1.82) is 0 Å². The normalized spacial score (nSPS) is 10.6. The first-order valence-electron chi connectivity index (χ1n) is 22.9. The van der Waals surface area contributed by atoms with E-state index in [-0.39, 0.29) is 41.8 Å². The Kier molecular flexibility index (Phi) is 25.2. The van der Waals surface area contributed by atoms with Gasteiger partial charge in [0.1, 0.15) is 46.0 Å². The van der Waals surface area contributed by atoms with E-state index in [1.807, 2.05) is 52.0 Å². The highest BCUT2D eigenvalue weighted by molar-refractivity contribution is 5.72. The third-order valence-electron chi connectivity index (χ3n) is 10.3. The fourth-order valence-corrected chi connectivity index (χ4v) is 6.07. The standard InChI is InChI=1S/C18H21NO4.C17H19NO4.C11H15NO3.C9H13NO/c1-13(2)19(12-14-4-6-15(20)7-5-14)18(21)23-17-10-8-16(22-3)9-11-17;1-3-18(12-13-4-6-14(19)7-5-13)17(20)22-16-10-8-15(21-2)9-11-16;1-8(12-7-11(14)15-2)9-3-5-10(13)6-4-9;1-2-10-7-8-3-5-9(11)6-4-8/h4-11,13,20H,12H2,1-3H3;4-11,19H,3,12H2,1-2H3;3-6,8,12-13H,7H2,1-2H3;3-6,10-11H,2,7H2,1H3. The van der Waals surface area contributed by atoms with Gasteiger partial charge >= 0.3 is 18.2 Å². The molecule has 2 amide bonds. The number of aromatic hydroxyl groups is 4. The average molecular weight is 977 g/mol. The van der Waals surface area contributed by atoms with Gasteiger partial charge in [-0.25, -0.2) is 9.59 Å². The molecule has 6 aromatic carbocycles. The summed E-state index contributed by atoms with van der Waals surface area (Å²) in [5, 5.41) is 42.9. The summed E-state index contributed by atoms with van der Waals surface area (Å²) >= 11 is 0. The molecule has 71 heavy (non-hydrogen) atoms. The number of hydrogen-bond donors (Lipinski definition) is 6. The van der Waals surface area contributed by atoms with Crippen molar-refractivity contribution in [2.75, 3.05) is 41.0 Å². The highest BCUT2D eigenvalue weighted by atomic mass is 16.6. The molecule has 6 rings (SSSR count). The number of nitrogens with one attached hydrogen (secondary N) is 2. The zero-order chi connectivity index (χ0) is 52.1. The molecule has 0 aliphatic carbocycles. The summed E-state index contributed by atoms with van der Waals surface area (Å²) in [7, 11) is 4.52. The van der Waals surface area contributed by atoms with E-state index in [2.05, 4.69) is 22.3 Å². The van der Waals surface area contributed by atoms with Crippen molar-refractivity contribution >= 4 is 18.2 Å². The van der Waals surface area contributed by atoms with E-state index in [1.54, 1.807) is 145 Å². The molecule has 0 aliphatic rings. The number of ether oxygens (including phenoxy) is 5. The highest BCUT2D eigenvalue weighted by Gasteiger charge is 2.20. The second-order valence-electron chi connectivity index (χ2n) is 15.9. The number of methoxy groups -OCH3 is 3. The molecule has 1 unspecified atom stereocenters. The fraction of sp³-hybridized carbons (Fsp3) is 0.291. The highest BCUT2D eigenvalue weighted by Crippen LogP contribution is 2.22. The van der Waals surface area contributed by atoms with Crippen molar-refractivity contribution < 1.29 is 58.5 Å². The Morgan fingerprint density at radius 2 is 0.915 bits per heavy atom. The minimum Gasteiger partial charge on any atom is -0.508 e. The topological polar surface area (TPSA) is 209 Å². The van der Waals surface area contributed by atoms with Crippen molar-refractivity contribution in [3.05, 3.63) is 168 Å². The summed E-state index contributed by atoms with van der Waals surface area (Å²) < 4.78 is 25.4. The van der Waals surface area contributed by atoms with Crippen molar-refractivity contribution in [3.63, 3.8) is 0 Å². The molecule has 380 valence electrons. The zero-order valence-electron chi connectivity index (χ0n) is 41.7. The lowest BCUT2D eigenvalue weighted by Gasteiger charge is -2.26. The van der Waals surface area contributed by atoms with Gasteiger partial charge in [0.05, 0.1) is 27.9 Å². The van der Waals surface area contributed by atoms with Crippen LogP contribution in [0.4, 0.5) is 9.59 Å². The number of amides is 2. The summed E-state index contributed by atoms with van der Waals surface area (Å²) in [5.74, 6) is 3.01. The van der Waals surface area contributed by atoms with Gasteiger partial charge in [0.15, 0.2) is 0 Å². The minimum absolute atomic E-state index is 0.0189. The molecule has 0 saturated carbocycles. The first kappa shape index (κ1) is 57.4. The van der Waals surface area contributed by atoms with E-state index in [1.165, 1.54) is 12.7 Å². The number of hydrogen-bond acceptors (Lipinski definition) is 14. The van der Waals surface area contributed by atoms with Gasteiger partial charge in [-0.3, -0.25) is 4.79 Å². The first-order chi connectivity index (χ1) is 34.1. The fourth-order valence-electron chi connectivity index (χ4n) is 6.07. The third-order valence-corrected chi connectivity index (χ3v) is 10.3. The van der Waals surface area contributed by atoms with Gasteiger partial charge in [-0.15, -0.1) is 0 Å². The molecule has 0 spiro atoms. The van der Waals surface area contributed by atoms with Crippen LogP contribution in [0.1, 0.15) is 62.9 Å². The predicted octanol–water partition coefficient (Wildman–Crippen LogP) is 9.95. The van der Waals surface area contributed by atoms with Gasteiger partial charge in [-0.2, -0.15) is 0 Å². The number of phenols is 4. The molecule has 6 aromatic rings. The second-order valence-corrected chi connectivity index (χ2v) is 15.9. The summed E-state index contributed by atoms with van der Waals surface area (Å²) in [6.07, 6.45) is -0.834. The average Bonchev–Trinajstić information content (AvgIpc) is 3.38. The summed E-state index contributed by atoms with van der Waals surface area (Å²) in [4.78, 5) is 38.7. The Hall–Kier alpha value is -7.95. The van der Waals surface area contributed by atoms with E-state index in [0.717, 1.165) is 29.8 Å². The van der Waals surface area contributed by atoms with Crippen LogP contribution in [0.2, 0.25) is 0 Å². The van der Waals surface area contributed by atoms with Crippen LogP contribution < -0.4 is 29.6 Å². The monoisotopic (exact) mass is 976 g/mol. The van der Waals surface area contributed by atoms with Gasteiger partial charge in [-0.05, 0) is 154 Å². The molecule has 6 N–H and O–H groups in total. The number of nitrogens with zero attached hydrogens (tertiary/aromatic N) is 2. The molecule has 0 saturated heterocycles. The number of rotatable bonds is 17. The van der Waals surface area contributed by atoms with Crippen LogP contribution >= 0.6 is 0 Å². The van der Waals surface area contributed by atoms with Gasteiger partial charge < -0.3 is 64.5 Å². The van der Waals surface area contributed by atoms with Crippen molar-refractivity contribution in [3.8, 4) is 46.0 Å². The number of phenolic OH excluding ortho intramolecular Hbond substituents is 4. The second kappa shape index (κ2) is 31.2. The van der Waals surface area contributed by atoms with E-state index in [9.17, 15) is 24.6 Å². The largest absolute Gasteiger partial charge is 0.508 e. The molecular weight excluding hydrogens is 909 g/mol. The molecule has 0 aromatic heterocycles. The Morgan fingerprint density at radius 1 is 0.521 bits per heavy atom. The number of carbonyl (C=O) groups excluding carboxylic acids is 3. The van der Waals surface area contributed by atoms with Crippen LogP contribution in [0, 0.1) is 0 Å². The molecule has 0 bridgehead atoms. The molecule has 0 radical (unpaired) electrons. The minimum atomic E-state index is -0.418. The predicted molar refractivity (Wildman–Crippen MR) is 273 cm³/mol. The van der Waals surface area contributed by atoms with Gasteiger partial charge in [0, 0.05) is 38.3 Å². The Morgan fingerprint density at radius 3 is 1.31 bits per heavy atom. The van der Waals surface area contributed by atoms with Crippen LogP contribution in [0.15, 0.2) is 146 Å².